The van der Waals surface area contributed by atoms with E-state index in [2.05, 4.69) is 44.8 Å². The smallest absolute Gasteiger partial charge is 0.227 e. The van der Waals surface area contributed by atoms with E-state index in [-0.39, 0.29) is 19.0 Å². The summed E-state index contributed by atoms with van der Waals surface area (Å²) in [6, 6.07) is 8.33. The van der Waals surface area contributed by atoms with Crippen molar-refractivity contribution in [2.75, 3.05) is 82.4 Å². The fourth-order valence-electron chi connectivity index (χ4n) is 3.76. The van der Waals surface area contributed by atoms with Crippen molar-refractivity contribution in [3.05, 3.63) is 24.3 Å². The van der Waals surface area contributed by atoms with Crippen LogP contribution >= 0.6 is 12.4 Å². The van der Waals surface area contributed by atoms with Gasteiger partial charge in [-0.05, 0) is 19.2 Å². The van der Waals surface area contributed by atoms with Gasteiger partial charge in [0, 0.05) is 64.3 Å². The summed E-state index contributed by atoms with van der Waals surface area (Å²) < 4.78 is 0. The van der Waals surface area contributed by atoms with Crippen LogP contribution in [0.15, 0.2) is 24.3 Å². The molecule has 0 aliphatic carbocycles. The van der Waals surface area contributed by atoms with Crippen LogP contribution in [-0.2, 0) is 0 Å². The quantitative estimate of drug-likeness (QED) is 0.830. The van der Waals surface area contributed by atoms with Crippen LogP contribution in [0.1, 0.15) is 0 Å². The SMILES string of the molecule is CN1CCN(c2nc(N3CCN(CCO)CC3)nc3ccccc23)CC1.Cl. The summed E-state index contributed by atoms with van der Waals surface area (Å²) in [6.45, 7) is 8.80. The maximum Gasteiger partial charge on any atom is 0.227 e. The molecule has 1 aromatic carbocycles. The highest BCUT2D eigenvalue weighted by molar-refractivity contribution is 5.90. The average Bonchev–Trinajstić information content (AvgIpc) is 2.69. The summed E-state index contributed by atoms with van der Waals surface area (Å²) in [4.78, 5) is 19.2. The van der Waals surface area contributed by atoms with Crippen molar-refractivity contribution in [1.82, 2.24) is 19.8 Å². The summed E-state index contributed by atoms with van der Waals surface area (Å²) in [6.07, 6.45) is 0. The lowest BCUT2D eigenvalue weighted by atomic mass is 10.2. The van der Waals surface area contributed by atoms with E-state index in [9.17, 15) is 0 Å². The molecule has 2 saturated heterocycles. The number of piperazine rings is 2. The van der Waals surface area contributed by atoms with Gasteiger partial charge in [-0.15, -0.1) is 12.4 Å². The van der Waals surface area contributed by atoms with E-state index in [4.69, 9.17) is 15.1 Å². The Bertz CT molecular complexity index is 744. The minimum atomic E-state index is 0. The number of rotatable bonds is 4. The van der Waals surface area contributed by atoms with Gasteiger partial charge >= 0.3 is 0 Å². The molecule has 7 nitrogen and oxygen atoms in total. The Morgan fingerprint density at radius 2 is 1.56 bits per heavy atom. The van der Waals surface area contributed by atoms with Crippen LogP contribution in [0.4, 0.5) is 11.8 Å². The molecule has 148 valence electrons. The molecule has 1 aromatic heterocycles. The lowest BCUT2D eigenvalue weighted by molar-refractivity contribution is 0.188. The van der Waals surface area contributed by atoms with Gasteiger partial charge in [-0.2, -0.15) is 4.98 Å². The van der Waals surface area contributed by atoms with Crippen LogP contribution in [0, 0.1) is 0 Å². The zero-order chi connectivity index (χ0) is 17.9. The first-order valence-corrected chi connectivity index (χ1v) is 9.53. The third-order valence-corrected chi connectivity index (χ3v) is 5.45. The number of hydrogen-bond acceptors (Lipinski definition) is 7. The number of likely N-dealkylation sites (N-methyl/N-ethyl adjacent to an activating group) is 1. The second-order valence-electron chi connectivity index (χ2n) is 7.21. The van der Waals surface area contributed by atoms with E-state index in [1.165, 1.54) is 0 Å². The zero-order valence-electron chi connectivity index (χ0n) is 15.9. The van der Waals surface area contributed by atoms with E-state index in [1.807, 2.05) is 6.07 Å². The number of nitrogens with zero attached hydrogens (tertiary/aromatic N) is 6. The molecule has 0 atom stereocenters. The molecular formula is C19H29ClN6O. The summed E-state index contributed by atoms with van der Waals surface area (Å²) in [5.74, 6) is 1.90. The summed E-state index contributed by atoms with van der Waals surface area (Å²) in [7, 11) is 2.17. The highest BCUT2D eigenvalue weighted by Gasteiger charge is 2.23. The topological polar surface area (TPSA) is 59.0 Å². The van der Waals surface area contributed by atoms with Gasteiger partial charge in [0.15, 0.2) is 0 Å². The Balaban J connectivity index is 0.00000210. The van der Waals surface area contributed by atoms with Crippen molar-refractivity contribution in [2.24, 2.45) is 0 Å². The minimum absolute atomic E-state index is 0. The standard InChI is InChI=1S/C19H28N6O.ClH/c1-22-6-10-24(11-7-22)18-16-4-2-3-5-17(16)20-19(21-18)25-12-8-23(9-13-25)14-15-26;/h2-5,26H,6-15H2,1H3;1H. The monoisotopic (exact) mass is 392 g/mol. The molecule has 0 bridgehead atoms. The number of fused-ring (bicyclic) bond motifs is 1. The molecule has 0 radical (unpaired) electrons. The average molecular weight is 393 g/mol. The predicted molar refractivity (Wildman–Crippen MR) is 112 cm³/mol. The number of para-hydroxylation sites is 1. The number of aliphatic hydroxyl groups excluding tert-OH is 1. The fraction of sp³-hybridized carbons (Fsp3) is 0.579. The summed E-state index contributed by atoms with van der Waals surface area (Å²) in [5, 5.41) is 10.3. The number of halogens is 1. The molecule has 2 aromatic rings. The molecule has 3 heterocycles. The van der Waals surface area contributed by atoms with Gasteiger partial charge < -0.3 is 19.8 Å². The molecule has 4 rings (SSSR count). The Hall–Kier alpha value is -1.67. The zero-order valence-corrected chi connectivity index (χ0v) is 16.7. The third kappa shape index (κ3) is 4.43. The van der Waals surface area contributed by atoms with Gasteiger partial charge in [0.2, 0.25) is 5.95 Å². The summed E-state index contributed by atoms with van der Waals surface area (Å²) in [5.41, 5.74) is 1.02. The van der Waals surface area contributed by atoms with E-state index >= 15 is 0 Å². The van der Waals surface area contributed by atoms with E-state index in [0.29, 0.717) is 0 Å². The third-order valence-electron chi connectivity index (χ3n) is 5.45. The van der Waals surface area contributed by atoms with Crippen molar-refractivity contribution in [1.29, 1.82) is 0 Å². The highest BCUT2D eigenvalue weighted by Crippen LogP contribution is 2.27. The fourth-order valence-corrected chi connectivity index (χ4v) is 3.76. The Morgan fingerprint density at radius 3 is 2.26 bits per heavy atom. The summed E-state index contributed by atoms with van der Waals surface area (Å²) >= 11 is 0. The van der Waals surface area contributed by atoms with Crippen LogP contribution in [0.5, 0.6) is 0 Å². The van der Waals surface area contributed by atoms with Crippen LogP contribution < -0.4 is 9.80 Å². The molecule has 2 fully saturated rings. The molecule has 0 saturated carbocycles. The van der Waals surface area contributed by atoms with Crippen LogP contribution in [-0.4, -0.2) is 97.4 Å². The number of benzene rings is 1. The number of hydrogen-bond donors (Lipinski definition) is 1. The van der Waals surface area contributed by atoms with E-state index < -0.39 is 0 Å². The van der Waals surface area contributed by atoms with Gasteiger partial charge in [0.25, 0.3) is 0 Å². The van der Waals surface area contributed by atoms with Gasteiger partial charge in [-0.1, -0.05) is 12.1 Å². The van der Waals surface area contributed by atoms with Crippen LogP contribution in [0.25, 0.3) is 10.9 Å². The molecule has 0 unspecified atom stereocenters. The maximum absolute atomic E-state index is 9.13. The molecule has 0 amide bonds. The Kier molecular flexibility index (Phi) is 6.70. The van der Waals surface area contributed by atoms with Crippen molar-refractivity contribution in [3.8, 4) is 0 Å². The molecule has 2 aliphatic heterocycles. The molecule has 2 aliphatic rings. The molecule has 0 spiro atoms. The molecular weight excluding hydrogens is 364 g/mol. The van der Waals surface area contributed by atoms with Gasteiger partial charge in [0.05, 0.1) is 12.1 Å². The first-order chi connectivity index (χ1) is 12.7. The second-order valence-corrected chi connectivity index (χ2v) is 7.21. The van der Waals surface area contributed by atoms with Gasteiger partial charge in [-0.3, -0.25) is 4.90 Å². The number of anilines is 2. The number of aromatic nitrogens is 2. The largest absolute Gasteiger partial charge is 0.395 e. The van der Waals surface area contributed by atoms with Gasteiger partial charge in [-0.25, -0.2) is 4.98 Å². The van der Waals surface area contributed by atoms with E-state index in [0.717, 1.165) is 81.6 Å². The van der Waals surface area contributed by atoms with Crippen molar-refractivity contribution in [3.63, 3.8) is 0 Å². The molecule has 1 N–H and O–H groups in total. The molecule has 27 heavy (non-hydrogen) atoms. The van der Waals surface area contributed by atoms with Gasteiger partial charge in [0.1, 0.15) is 5.82 Å². The first-order valence-electron chi connectivity index (χ1n) is 9.53. The van der Waals surface area contributed by atoms with Crippen LogP contribution in [0.2, 0.25) is 0 Å². The Labute approximate surface area is 167 Å². The Morgan fingerprint density at radius 1 is 0.889 bits per heavy atom. The van der Waals surface area contributed by atoms with Crippen molar-refractivity contribution < 1.29 is 5.11 Å². The van der Waals surface area contributed by atoms with Crippen LogP contribution in [0.3, 0.4) is 0 Å². The number of β-amino-alcohol motifs (C(OH)–C–C–N with tert-alkyl or cyclic N) is 1. The molecule has 8 heteroatoms. The van der Waals surface area contributed by atoms with E-state index in [1.54, 1.807) is 0 Å². The highest BCUT2D eigenvalue weighted by atomic mass is 35.5. The normalized spacial score (nSPS) is 19.3. The number of aliphatic hydroxyl groups is 1. The lowest BCUT2D eigenvalue weighted by Gasteiger charge is -2.36. The maximum atomic E-state index is 9.13. The second kappa shape index (κ2) is 9.01. The lowest BCUT2D eigenvalue weighted by Crippen LogP contribution is -2.48. The predicted octanol–water partition coefficient (Wildman–Crippen LogP) is 0.918. The minimum Gasteiger partial charge on any atom is -0.395 e. The van der Waals surface area contributed by atoms with Crippen molar-refractivity contribution >= 4 is 35.1 Å². The van der Waals surface area contributed by atoms with Crippen molar-refractivity contribution in [2.45, 2.75) is 0 Å². The first kappa shape index (κ1) is 20.1.